The van der Waals surface area contributed by atoms with Crippen molar-refractivity contribution in [3.05, 3.63) is 76.1 Å². The molecule has 2 atom stereocenters. The summed E-state index contributed by atoms with van der Waals surface area (Å²) < 4.78 is 5.52. The maximum absolute atomic E-state index is 13.0. The normalized spacial score (nSPS) is 13.5. The van der Waals surface area contributed by atoms with Crippen LogP contribution in [0.2, 0.25) is 0 Å². The van der Waals surface area contributed by atoms with E-state index < -0.39 is 17.5 Å². The van der Waals surface area contributed by atoms with Crippen molar-refractivity contribution in [3.8, 4) is 5.75 Å². The molecule has 0 bridgehead atoms. The molecule has 0 aliphatic rings. The minimum atomic E-state index is -0.610. The molecule has 0 saturated carbocycles. The molecule has 5 nitrogen and oxygen atoms in total. The lowest BCUT2D eigenvalue weighted by Gasteiger charge is -2.30. The van der Waals surface area contributed by atoms with Crippen molar-refractivity contribution < 1.29 is 14.3 Å². The Morgan fingerprint density at radius 2 is 1.66 bits per heavy atom. The minimum Gasteiger partial charge on any atom is -0.507 e. The van der Waals surface area contributed by atoms with Gasteiger partial charge in [0.1, 0.15) is 17.1 Å². The summed E-state index contributed by atoms with van der Waals surface area (Å²) in [4.78, 5) is 27.9. The quantitative estimate of drug-likeness (QED) is 0.582. The topological polar surface area (TPSA) is 70.8 Å². The molecule has 0 unspecified atom stereocenters. The molecule has 1 aromatic heterocycles. The fraction of sp³-hybridized carbons (Fsp3) is 0.333. The Bertz CT molecular complexity index is 1040. The summed E-state index contributed by atoms with van der Waals surface area (Å²) in [6.07, 6.45) is 0. The van der Waals surface area contributed by atoms with Gasteiger partial charge in [-0.05, 0) is 37.7 Å². The second-order valence-electron chi connectivity index (χ2n) is 7.24. The van der Waals surface area contributed by atoms with Crippen molar-refractivity contribution in [1.82, 2.24) is 4.90 Å². The molecule has 0 radical (unpaired) electrons. The molecular weight excluding hydrogens is 366 g/mol. The number of nitrogens with zero attached hydrogens (tertiary/aromatic N) is 1. The van der Waals surface area contributed by atoms with E-state index in [0.29, 0.717) is 17.5 Å². The molecule has 0 saturated heterocycles. The highest BCUT2D eigenvalue weighted by Gasteiger charge is 2.35. The van der Waals surface area contributed by atoms with E-state index in [1.54, 1.807) is 31.2 Å². The van der Waals surface area contributed by atoms with E-state index in [2.05, 4.69) is 4.90 Å². The number of fused-ring (bicyclic) bond motifs is 1. The summed E-state index contributed by atoms with van der Waals surface area (Å²) >= 11 is 0. The fourth-order valence-electron chi connectivity index (χ4n) is 3.91. The van der Waals surface area contributed by atoms with Crippen LogP contribution in [0.4, 0.5) is 0 Å². The van der Waals surface area contributed by atoms with Crippen LogP contribution in [0.15, 0.2) is 63.8 Å². The Kier molecular flexibility index (Phi) is 6.49. The van der Waals surface area contributed by atoms with Gasteiger partial charge >= 0.3 is 5.63 Å². The maximum atomic E-state index is 13.0. The standard InChI is InChI=1S/C24H27NO4/c1-4-25(5-2)15-19(16(3)26)21(17-11-7-6-8-12-17)22-23(27)18-13-9-10-14-20(18)29-24(22)28/h6-14,19,21,27H,4-5,15H2,1-3H3/t19-,21-/m0/s1. The lowest BCUT2D eigenvalue weighted by Crippen LogP contribution is -2.37. The number of benzene rings is 2. The molecule has 5 heteroatoms. The van der Waals surface area contributed by atoms with E-state index in [1.165, 1.54) is 0 Å². The first-order chi connectivity index (χ1) is 14.0. The highest BCUT2D eigenvalue weighted by Crippen LogP contribution is 2.39. The van der Waals surface area contributed by atoms with E-state index in [0.717, 1.165) is 18.7 Å². The van der Waals surface area contributed by atoms with Crippen molar-refractivity contribution in [2.75, 3.05) is 19.6 Å². The number of hydrogen-bond donors (Lipinski definition) is 1. The summed E-state index contributed by atoms with van der Waals surface area (Å²) in [5.74, 6) is -1.24. The van der Waals surface area contributed by atoms with E-state index in [-0.39, 0.29) is 17.1 Å². The summed E-state index contributed by atoms with van der Waals surface area (Å²) in [6, 6.07) is 16.3. The molecule has 1 N–H and O–H groups in total. The third kappa shape index (κ3) is 4.25. The van der Waals surface area contributed by atoms with Gasteiger partial charge in [0.2, 0.25) is 0 Å². The lowest BCUT2D eigenvalue weighted by molar-refractivity contribution is -0.121. The SMILES string of the molecule is CCN(CC)C[C@@H](C(C)=O)[C@H](c1ccccc1)c1c(O)c2ccccc2oc1=O. The van der Waals surface area contributed by atoms with Gasteiger partial charge in [-0.1, -0.05) is 56.3 Å². The predicted molar refractivity (Wildman–Crippen MR) is 114 cm³/mol. The average Bonchev–Trinajstić information content (AvgIpc) is 2.73. The van der Waals surface area contributed by atoms with Crippen molar-refractivity contribution in [2.24, 2.45) is 5.92 Å². The highest BCUT2D eigenvalue weighted by molar-refractivity contribution is 5.85. The zero-order chi connectivity index (χ0) is 21.0. The van der Waals surface area contributed by atoms with Gasteiger partial charge in [0, 0.05) is 18.4 Å². The van der Waals surface area contributed by atoms with Crippen molar-refractivity contribution in [3.63, 3.8) is 0 Å². The number of para-hydroxylation sites is 1. The molecule has 2 aromatic carbocycles. The molecule has 0 aliphatic heterocycles. The largest absolute Gasteiger partial charge is 0.507 e. The van der Waals surface area contributed by atoms with Gasteiger partial charge < -0.3 is 14.4 Å². The summed E-state index contributed by atoms with van der Waals surface area (Å²) in [5.41, 5.74) is 0.662. The highest BCUT2D eigenvalue weighted by atomic mass is 16.4. The smallest absolute Gasteiger partial charge is 0.343 e. The predicted octanol–water partition coefficient (Wildman–Crippen LogP) is 4.18. The fourth-order valence-corrected chi connectivity index (χ4v) is 3.91. The third-order valence-corrected chi connectivity index (χ3v) is 5.56. The van der Waals surface area contributed by atoms with Gasteiger partial charge in [0.25, 0.3) is 0 Å². The molecule has 1 heterocycles. The molecule has 29 heavy (non-hydrogen) atoms. The molecule has 3 rings (SSSR count). The molecule has 0 aliphatic carbocycles. The average molecular weight is 393 g/mol. The summed E-state index contributed by atoms with van der Waals surface area (Å²) in [6.45, 7) is 7.71. The van der Waals surface area contributed by atoms with Gasteiger partial charge in [0.15, 0.2) is 0 Å². The van der Waals surface area contributed by atoms with Gasteiger partial charge in [-0.2, -0.15) is 0 Å². The third-order valence-electron chi connectivity index (χ3n) is 5.56. The number of carbonyl (C=O) groups is 1. The Labute approximate surface area is 170 Å². The lowest BCUT2D eigenvalue weighted by atomic mass is 9.78. The first kappa shape index (κ1) is 20.8. The number of carbonyl (C=O) groups excluding carboxylic acids is 1. The molecule has 0 fully saturated rings. The Morgan fingerprint density at radius 1 is 1.03 bits per heavy atom. The minimum absolute atomic E-state index is 0.0299. The number of ketones is 1. The monoisotopic (exact) mass is 393 g/mol. The van der Waals surface area contributed by atoms with Gasteiger partial charge in [-0.3, -0.25) is 4.79 Å². The van der Waals surface area contributed by atoms with Gasteiger partial charge in [-0.25, -0.2) is 4.79 Å². The van der Waals surface area contributed by atoms with Crippen LogP contribution in [0.3, 0.4) is 0 Å². The molecule has 3 aromatic rings. The second kappa shape index (κ2) is 9.05. The van der Waals surface area contributed by atoms with Crippen LogP contribution in [0.5, 0.6) is 5.75 Å². The van der Waals surface area contributed by atoms with Crippen LogP contribution in [0.1, 0.15) is 37.8 Å². The van der Waals surface area contributed by atoms with Gasteiger partial charge in [-0.15, -0.1) is 0 Å². The zero-order valence-corrected chi connectivity index (χ0v) is 17.1. The Balaban J connectivity index is 2.25. The van der Waals surface area contributed by atoms with Crippen molar-refractivity contribution in [1.29, 1.82) is 0 Å². The van der Waals surface area contributed by atoms with Crippen LogP contribution < -0.4 is 5.63 Å². The first-order valence-electron chi connectivity index (χ1n) is 10.00. The van der Waals surface area contributed by atoms with Crippen molar-refractivity contribution in [2.45, 2.75) is 26.7 Å². The summed E-state index contributed by atoms with van der Waals surface area (Å²) in [5, 5.41) is 11.5. The van der Waals surface area contributed by atoms with Gasteiger partial charge in [0.05, 0.1) is 10.9 Å². The molecular formula is C24H27NO4. The number of hydrogen-bond acceptors (Lipinski definition) is 5. The molecule has 0 amide bonds. The Morgan fingerprint density at radius 3 is 2.28 bits per heavy atom. The summed E-state index contributed by atoms with van der Waals surface area (Å²) in [7, 11) is 0. The maximum Gasteiger partial charge on any atom is 0.343 e. The van der Waals surface area contributed by atoms with E-state index in [1.807, 2.05) is 44.2 Å². The number of rotatable bonds is 8. The Hall–Kier alpha value is -2.92. The first-order valence-corrected chi connectivity index (χ1v) is 10.00. The van der Waals surface area contributed by atoms with Crippen LogP contribution in [-0.4, -0.2) is 35.4 Å². The number of Topliss-reactive ketones (excluding diaryl/α,β-unsaturated/α-hetero) is 1. The van der Waals surface area contributed by atoms with E-state index in [4.69, 9.17) is 4.42 Å². The van der Waals surface area contributed by atoms with Crippen LogP contribution in [-0.2, 0) is 4.79 Å². The van der Waals surface area contributed by atoms with E-state index >= 15 is 0 Å². The molecule has 0 spiro atoms. The second-order valence-corrected chi connectivity index (χ2v) is 7.24. The van der Waals surface area contributed by atoms with Crippen molar-refractivity contribution >= 4 is 16.8 Å². The zero-order valence-electron chi connectivity index (χ0n) is 17.1. The number of aromatic hydroxyl groups is 1. The van der Waals surface area contributed by atoms with Crippen LogP contribution >= 0.6 is 0 Å². The molecule has 152 valence electrons. The van der Waals surface area contributed by atoms with Crippen LogP contribution in [0, 0.1) is 5.92 Å². The van der Waals surface area contributed by atoms with Crippen LogP contribution in [0.25, 0.3) is 11.0 Å². The van der Waals surface area contributed by atoms with E-state index in [9.17, 15) is 14.7 Å².